The third kappa shape index (κ3) is 4.72. The number of benzene rings is 1. The first-order chi connectivity index (χ1) is 12.9. The van der Waals surface area contributed by atoms with E-state index in [1.165, 1.54) is 12.4 Å². The maximum absolute atomic E-state index is 13.8. The van der Waals surface area contributed by atoms with E-state index in [1.54, 1.807) is 24.3 Å². The van der Waals surface area contributed by atoms with Gasteiger partial charge in [-0.05, 0) is 25.0 Å². The minimum absolute atomic E-state index is 0.0934. The first-order valence-corrected chi connectivity index (χ1v) is 9.23. The van der Waals surface area contributed by atoms with Crippen LogP contribution in [0.15, 0.2) is 36.7 Å². The van der Waals surface area contributed by atoms with Crippen molar-refractivity contribution in [1.29, 1.82) is 0 Å². The van der Waals surface area contributed by atoms with Gasteiger partial charge >= 0.3 is 0 Å². The number of nitrogens with zero attached hydrogens (tertiary/aromatic N) is 4. The summed E-state index contributed by atoms with van der Waals surface area (Å²) in [7, 11) is 0. The number of aromatic nitrogens is 2. The zero-order valence-electron chi connectivity index (χ0n) is 15.9. The molecular formula is C20H25FN4O2. The first kappa shape index (κ1) is 19.1. The van der Waals surface area contributed by atoms with Crippen molar-refractivity contribution in [2.45, 2.75) is 33.2 Å². The smallest absolute Gasteiger partial charge is 0.224 e. The van der Waals surface area contributed by atoms with Crippen molar-refractivity contribution >= 4 is 11.7 Å². The van der Waals surface area contributed by atoms with E-state index in [0.29, 0.717) is 37.8 Å². The van der Waals surface area contributed by atoms with E-state index in [0.717, 1.165) is 0 Å². The Morgan fingerprint density at radius 1 is 1.30 bits per heavy atom. The molecule has 1 aromatic carbocycles. The topological polar surface area (TPSA) is 58.6 Å². The molecule has 2 heterocycles. The van der Waals surface area contributed by atoms with Crippen molar-refractivity contribution in [2.75, 3.05) is 24.5 Å². The van der Waals surface area contributed by atoms with E-state index in [9.17, 15) is 9.18 Å². The van der Waals surface area contributed by atoms with Crippen molar-refractivity contribution in [3.05, 3.63) is 42.5 Å². The Kier molecular flexibility index (Phi) is 5.88. The Hall–Kier alpha value is -2.70. The molecule has 144 valence electrons. The predicted octanol–water partition coefficient (Wildman–Crippen LogP) is 3.49. The summed E-state index contributed by atoms with van der Waals surface area (Å²) in [4.78, 5) is 24.8. The number of anilines is 1. The lowest BCUT2D eigenvalue weighted by Gasteiger charge is -2.40. The summed E-state index contributed by atoms with van der Waals surface area (Å²) in [6.07, 6.45) is 1.98. The molecule has 1 aliphatic rings. The van der Waals surface area contributed by atoms with Gasteiger partial charge in [0.05, 0.1) is 0 Å². The molecule has 0 N–H and O–H groups in total. The summed E-state index contributed by atoms with van der Waals surface area (Å²) in [5.41, 5.74) is 0. The molecule has 3 rings (SSSR count). The summed E-state index contributed by atoms with van der Waals surface area (Å²) in [6, 6.07) is 8.00. The van der Waals surface area contributed by atoms with Gasteiger partial charge in [0.25, 0.3) is 0 Å². The lowest BCUT2D eigenvalue weighted by Crippen LogP contribution is -2.54. The lowest BCUT2D eigenvalue weighted by atomic mass is 10.1. The average molecular weight is 372 g/mol. The van der Waals surface area contributed by atoms with Gasteiger partial charge in [-0.25, -0.2) is 14.4 Å². The first-order valence-electron chi connectivity index (χ1n) is 9.23. The largest absolute Gasteiger partial charge is 0.436 e. The van der Waals surface area contributed by atoms with E-state index >= 15 is 0 Å². The third-order valence-corrected chi connectivity index (χ3v) is 4.53. The number of halogens is 1. The average Bonchev–Trinajstić information content (AvgIpc) is 2.63. The van der Waals surface area contributed by atoms with Crippen LogP contribution in [0.5, 0.6) is 11.6 Å². The molecule has 1 aliphatic heterocycles. The van der Waals surface area contributed by atoms with Crippen LogP contribution in [0, 0.1) is 11.7 Å². The molecular weight excluding hydrogens is 347 g/mol. The molecule has 6 nitrogen and oxygen atoms in total. The van der Waals surface area contributed by atoms with E-state index in [2.05, 4.69) is 28.7 Å². The Morgan fingerprint density at radius 3 is 2.78 bits per heavy atom. The fourth-order valence-electron chi connectivity index (χ4n) is 3.20. The fraction of sp³-hybridized carbons (Fsp3) is 0.450. The minimum Gasteiger partial charge on any atom is -0.436 e. The number of piperazine rings is 1. The molecule has 1 fully saturated rings. The number of hydrogen-bond acceptors (Lipinski definition) is 5. The monoisotopic (exact) mass is 372 g/mol. The molecule has 1 atom stereocenters. The van der Waals surface area contributed by atoms with Gasteiger partial charge < -0.3 is 14.5 Å². The molecule has 0 aliphatic carbocycles. The molecule has 1 saturated heterocycles. The highest BCUT2D eigenvalue weighted by atomic mass is 19.1. The number of amides is 1. The van der Waals surface area contributed by atoms with Crippen molar-refractivity contribution in [2.24, 2.45) is 5.92 Å². The van der Waals surface area contributed by atoms with Crippen molar-refractivity contribution in [1.82, 2.24) is 14.9 Å². The van der Waals surface area contributed by atoms with Gasteiger partial charge in [-0.15, -0.1) is 0 Å². The van der Waals surface area contributed by atoms with Gasteiger partial charge in [0.2, 0.25) is 11.8 Å². The number of rotatable bonds is 5. The quantitative estimate of drug-likeness (QED) is 0.804. The highest BCUT2D eigenvalue weighted by Crippen LogP contribution is 2.25. The van der Waals surface area contributed by atoms with E-state index in [-0.39, 0.29) is 23.6 Å². The van der Waals surface area contributed by atoms with Crippen molar-refractivity contribution in [3.8, 4) is 11.6 Å². The van der Waals surface area contributed by atoms with Gasteiger partial charge in [-0.1, -0.05) is 26.0 Å². The van der Waals surface area contributed by atoms with Crippen LogP contribution in [-0.4, -0.2) is 46.5 Å². The second-order valence-corrected chi connectivity index (χ2v) is 7.23. The molecule has 2 aromatic rings. The highest BCUT2D eigenvalue weighted by molar-refractivity contribution is 5.77. The molecule has 0 bridgehead atoms. The molecule has 7 heteroatoms. The molecule has 1 amide bonds. The zero-order chi connectivity index (χ0) is 19.4. The van der Waals surface area contributed by atoms with Gasteiger partial charge in [-0.3, -0.25) is 4.79 Å². The Balaban J connectivity index is 1.68. The number of hydrogen-bond donors (Lipinski definition) is 0. The third-order valence-electron chi connectivity index (χ3n) is 4.53. The van der Waals surface area contributed by atoms with Crippen molar-refractivity contribution in [3.63, 3.8) is 0 Å². The summed E-state index contributed by atoms with van der Waals surface area (Å²) < 4.78 is 19.3. The Morgan fingerprint density at radius 2 is 2.07 bits per heavy atom. The van der Waals surface area contributed by atoms with Crippen LogP contribution in [0.4, 0.5) is 10.2 Å². The Labute approximate surface area is 159 Å². The summed E-state index contributed by atoms with van der Waals surface area (Å²) in [6.45, 7) is 8.17. The van der Waals surface area contributed by atoms with Gasteiger partial charge in [-0.2, -0.15) is 0 Å². The maximum atomic E-state index is 13.8. The summed E-state index contributed by atoms with van der Waals surface area (Å²) in [5.74, 6) is 1.23. The number of ether oxygens (including phenoxy) is 1. The molecule has 0 unspecified atom stereocenters. The van der Waals surface area contributed by atoms with E-state index < -0.39 is 5.82 Å². The SMILES string of the molecule is CC(C)CC(=O)N1CCN(c2cc(Oc3ccccc3F)ncn2)C[C@@H]1C. The van der Waals surface area contributed by atoms with Crippen LogP contribution in [-0.2, 0) is 4.79 Å². The molecule has 1 aromatic heterocycles. The van der Waals surface area contributed by atoms with Crippen LogP contribution < -0.4 is 9.64 Å². The van der Waals surface area contributed by atoms with Crippen LogP contribution in [0.25, 0.3) is 0 Å². The molecule has 27 heavy (non-hydrogen) atoms. The van der Waals surface area contributed by atoms with Gasteiger partial charge in [0, 0.05) is 38.2 Å². The van der Waals surface area contributed by atoms with Crippen LogP contribution in [0.3, 0.4) is 0 Å². The highest BCUT2D eigenvalue weighted by Gasteiger charge is 2.28. The minimum atomic E-state index is -0.441. The van der Waals surface area contributed by atoms with Gasteiger partial charge in [0.15, 0.2) is 11.6 Å². The van der Waals surface area contributed by atoms with Crippen LogP contribution in [0.2, 0.25) is 0 Å². The number of carbonyl (C=O) groups is 1. The van der Waals surface area contributed by atoms with Crippen LogP contribution in [0.1, 0.15) is 27.2 Å². The number of para-hydroxylation sites is 1. The van der Waals surface area contributed by atoms with Crippen LogP contribution >= 0.6 is 0 Å². The van der Waals surface area contributed by atoms with E-state index in [4.69, 9.17) is 4.74 Å². The molecule has 0 radical (unpaired) electrons. The second-order valence-electron chi connectivity index (χ2n) is 7.23. The second kappa shape index (κ2) is 8.33. The van der Waals surface area contributed by atoms with Gasteiger partial charge in [0.1, 0.15) is 12.1 Å². The fourth-order valence-corrected chi connectivity index (χ4v) is 3.20. The summed E-state index contributed by atoms with van der Waals surface area (Å²) >= 11 is 0. The normalized spacial score (nSPS) is 17.3. The van der Waals surface area contributed by atoms with E-state index in [1.807, 2.05) is 11.8 Å². The predicted molar refractivity (Wildman–Crippen MR) is 101 cm³/mol. The zero-order valence-corrected chi connectivity index (χ0v) is 15.9. The standard InChI is InChI=1S/C20H25FN4O2/c1-14(2)10-20(26)25-9-8-24(12-15(25)3)18-11-19(23-13-22-18)27-17-7-5-4-6-16(17)21/h4-7,11,13-15H,8-10,12H2,1-3H3/t15-/m0/s1. The maximum Gasteiger partial charge on any atom is 0.224 e. The summed E-state index contributed by atoms with van der Waals surface area (Å²) in [5, 5.41) is 0. The Bertz CT molecular complexity index is 799. The molecule has 0 saturated carbocycles. The van der Waals surface area contributed by atoms with Crippen molar-refractivity contribution < 1.29 is 13.9 Å². The number of carbonyl (C=O) groups excluding carboxylic acids is 1. The lowest BCUT2D eigenvalue weighted by molar-refractivity contribution is -0.134. The molecule has 0 spiro atoms.